The molecule has 26 heavy (non-hydrogen) atoms. The molecular formula is C19H22N6O. The van der Waals surface area contributed by atoms with Crippen molar-refractivity contribution in [2.75, 3.05) is 18.4 Å². The molecule has 0 aliphatic carbocycles. The van der Waals surface area contributed by atoms with Crippen LogP contribution in [0, 0.1) is 6.92 Å². The van der Waals surface area contributed by atoms with Gasteiger partial charge in [-0.1, -0.05) is 30.3 Å². The first-order valence-electron chi connectivity index (χ1n) is 8.97. The summed E-state index contributed by atoms with van der Waals surface area (Å²) >= 11 is 0. The van der Waals surface area contributed by atoms with Gasteiger partial charge in [0.25, 0.3) is 5.78 Å². The van der Waals surface area contributed by atoms with Gasteiger partial charge in [0.1, 0.15) is 18.2 Å². The first kappa shape index (κ1) is 16.5. The van der Waals surface area contributed by atoms with Crippen molar-refractivity contribution < 1.29 is 4.79 Å². The van der Waals surface area contributed by atoms with Crippen LogP contribution in [0.4, 0.5) is 5.82 Å². The molecule has 7 heteroatoms. The molecule has 4 rings (SSSR count). The first-order valence-corrected chi connectivity index (χ1v) is 8.97. The van der Waals surface area contributed by atoms with Gasteiger partial charge in [-0.05, 0) is 31.7 Å². The number of nitrogens with zero attached hydrogens (tertiary/aromatic N) is 5. The monoisotopic (exact) mass is 350 g/mol. The number of fused-ring (bicyclic) bond motifs is 1. The molecule has 1 atom stereocenters. The van der Waals surface area contributed by atoms with Crippen molar-refractivity contribution in [3.8, 4) is 0 Å². The van der Waals surface area contributed by atoms with Gasteiger partial charge in [0.2, 0.25) is 5.91 Å². The molecule has 3 aromatic rings. The van der Waals surface area contributed by atoms with E-state index in [1.165, 1.54) is 11.9 Å². The fraction of sp³-hybridized carbons (Fsp3) is 0.368. The van der Waals surface area contributed by atoms with E-state index in [1.807, 2.05) is 24.0 Å². The van der Waals surface area contributed by atoms with Gasteiger partial charge in [-0.15, -0.1) is 0 Å². The van der Waals surface area contributed by atoms with Crippen LogP contribution in [-0.2, 0) is 11.2 Å². The van der Waals surface area contributed by atoms with Crippen LogP contribution < -0.4 is 5.32 Å². The number of likely N-dealkylation sites (tertiary alicyclic amines) is 1. The summed E-state index contributed by atoms with van der Waals surface area (Å²) in [7, 11) is 0. The Labute approximate surface area is 152 Å². The summed E-state index contributed by atoms with van der Waals surface area (Å²) in [4.78, 5) is 23.1. The summed E-state index contributed by atoms with van der Waals surface area (Å²) in [6, 6.07) is 12.1. The molecule has 0 saturated carbocycles. The molecule has 1 amide bonds. The molecule has 134 valence electrons. The molecular weight excluding hydrogens is 328 g/mol. The third-order valence-corrected chi connectivity index (χ3v) is 4.74. The molecule has 3 heterocycles. The fourth-order valence-electron chi connectivity index (χ4n) is 3.43. The quantitative estimate of drug-likeness (QED) is 0.737. The zero-order valence-corrected chi connectivity index (χ0v) is 14.8. The minimum atomic E-state index is -0.221. The molecule has 2 aromatic heterocycles. The van der Waals surface area contributed by atoms with E-state index in [2.05, 4.69) is 44.6 Å². The molecule has 1 fully saturated rings. The summed E-state index contributed by atoms with van der Waals surface area (Å²) < 4.78 is 1.64. The number of anilines is 1. The number of carbonyl (C=O) groups is 1. The molecule has 0 radical (unpaired) electrons. The van der Waals surface area contributed by atoms with Crippen molar-refractivity contribution in [3.63, 3.8) is 0 Å². The standard InChI is InChI=1S/C19H22N6O/c1-14-12-17(25-19(22-14)20-13-21-25)23-16-9-11-24(18(16)26)10-5-8-15-6-3-2-4-7-15/h2-4,6-7,12-13,16,23H,5,8-11H2,1H3. The lowest BCUT2D eigenvalue weighted by molar-refractivity contribution is -0.128. The zero-order valence-electron chi connectivity index (χ0n) is 14.8. The SMILES string of the molecule is Cc1cc(NC2CCN(CCCc3ccccc3)C2=O)n2ncnc2n1. The Bertz CT molecular complexity index is 907. The third-order valence-electron chi connectivity index (χ3n) is 4.74. The van der Waals surface area contributed by atoms with Crippen LogP contribution in [0.5, 0.6) is 0 Å². The lowest BCUT2D eigenvalue weighted by atomic mass is 10.1. The number of hydrogen-bond acceptors (Lipinski definition) is 5. The number of benzene rings is 1. The van der Waals surface area contributed by atoms with E-state index < -0.39 is 0 Å². The summed E-state index contributed by atoms with van der Waals surface area (Å²) in [5.74, 6) is 1.45. The maximum Gasteiger partial charge on any atom is 0.254 e. The number of aromatic nitrogens is 4. The summed E-state index contributed by atoms with van der Waals surface area (Å²) in [5.41, 5.74) is 2.16. The maximum atomic E-state index is 12.7. The molecule has 7 nitrogen and oxygen atoms in total. The van der Waals surface area contributed by atoms with Crippen molar-refractivity contribution in [3.05, 3.63) is 54.0 Å². The lowest BCUT2D eigenvalue weighted by Gasteiger charge is -2.18. The highest BCUT2D eigenvalue weighted by Gasteiger charge is 2.31. The second-order valence-electron chi connectivity index (χ2n) is 6.65. The summed E-state index contributed by atoms with van der Waals surface area (Å²) in [6.45, 7) is 3.49. The second kappa shape index (κ2) is 7.11. The largest absolute Gasteiger partial charge is 0.358 e. The van der Waals surface area contributed by atoms with Crippen molar-refractivity contribution >= 4 is 17.5 Å². The van der Waals surface area contributed by atoms with Crippen LogP contribution in [0.3, 0.4) is 0 Å². The van der Waals surface area contributed by atoms with E-state index in [0.717, 1.165) is 43.9 Å². The highest BCUT2D eigenvalue weighted by atomic mass is 16.2. The van der Waals surface area contributed by atoms with E-state index in [4.69, 9.17) is 0 Å². The molecule has 1 saturated heterocycles. The van der Waals surface area contributed by atoms with E-state index in [9.17, 15) is 4.79 Å². The Hall–Kier alpha value is -2.96. The molecule has 0 bridgehead atoms. The fourth-order valence-corrected chi connectivity index (χ4v) is 3.43. The van der Waals surface area contributed by atoms with Gasteiger partial charge >= 0.3 is 0 Å². The van der Waals surface area contributed by atoms with Gasteiger partial charge in [0, 0.05) is 24.8 Å². The molecule has 1 N–H and O–H groups in total. The molecule has 1 aromatic carbocycles. The van der Waals surface area contributed by atoms with E-state index in [-0.39, 0.29) is 11.9 Å². The van der Waals surface area contributed by atoms with Crippen molar-refractivity contribution in [1.29, 1.82) is 0 Å². The van der Waals surface area contributed by atoms with Gasteiger partial charge in [0.15, 0.2) is 0 Å². The first-order chi connectivity index (χ1) is 12.7. The van der Waals surface area contributed by atoms with Crippen molar-refractivity contribution in [2.24, 2.45) is 0 Å². The minimum Gasteiger partial charge on any atom is -0.358 e. The van der Waals surface area contributed by atoms with Crippen molar-refractivity contribution in [2.45, 2.75) is 32.2 Å². The Kier molecular flexibility index (Phi) is 4.51. The van der Waals surface area contributed by atoms with Crippen LogP contribution in [0.1, 0.15) is 24.1 Å². The van der Waals surface area contributed by atoms with Crippen LogP contribution in [0.15, 0.2) is 42.7 Å². The number of amides is 1. The van der Waals surface area contributed by atoms with Crippen LogP contribution in [0.2, 0.25) is 0 Å². The highest BCUT2D eigenvalue weighted by Crippen LogP contribution is 2.19. The van der Waals surface area contributed by atoms with E-state index >= 15 is 0 Å². The maximum absolute atomic E-state index is 12.7. The molecule has 1 aliphatic heterocycles. The van der Waals surface area contributed by atoms with Gasteiger partial charge < -0.3 is 10.2 Å². The average Bonchev–Trinajstić information content (AvgIpc) is 3.24. The smallest absolute Gasteiger partial charge is 0.254 e. The summed E-state index contributed by atoms with van der Waals surface area (Å²) in [5, 5.41) is 7.51. The van der Waals surface area contributed by atoms with Gasteiger partial charge in [0.05, 0.1) is 0 Å². The Morgan fingerprint density at radius 2 is 2.12 bits per heavy atom. The van der Waals surface area contributed by atoms with E-state index in [1.54, 1.807) is 4.52 Å². The Morgan fingerprint density at radius 3 is 2.96 bits per heavy atom. The minimum absolute atomic E-state index is 0.154. The topological polar surface area (TPSA) is 75.4 Å². The van der Waals surface area contributed by atoms with Gasteiger partial charge in [-0.3, -0.25) is 4.79 Å². The number of carbonyl (C=O) groups excluding carboxylic acids is 1. The van der Waals surface area contributed by atoms with Crippen LogP contribution >= 0.6 is 0 Å². The second-order valence-corrected chi connectivity index (χ2v) is 6.65. The number of aryl methyl sites for hydroxylation is 2. The predicted molar refractivity (Wildman–Crippen MR) is 98.9 cm³/mol. The molecule has 0 spiro atoms. The average molecular weight is 350 g/mol. The lowest BCUT2D eigenvalue weighted by Crippen LogP contribution is -2.34. The van der Waals surface area contributed by atoms with Crippen LogP contribution in [-0.4, -0.2) is 49.5 Å². The molecule has 1 aliphatic rings. The summed E-state index contributed by atoms with van der Waals surface area (Å²) in [6.07, 6.45) is 4.23. The zero-order chi connectivity index (χ0) is 17.9. The number of nitrogens with one attached hydrogen (secondary N) is 1. The van der Waals surface area contributed by atoms with E-state index in [0.29, 0.717) is 5.78 Å². The van der Waals surface area contributed by atoms with Gasteiger partial charge in [-0.2, -0.15) is 14.6 Å². The number of hydrogen-bond donors (Lipinski definition) is 1. The Balaban J connectivity index is 1.37. The third kappa shape index (κ3) is 3.37. The predicted octanol–water partition coefficient (Wildman–Crippen LogP) is 2.08. The molecule has 1 unspecified atom stereocenters. The highest BCUT2D eigenvalue weighted by molar-refractivity contribution is 5.86. The van der Waals surface area contributed by atoms with Crippen molar-refractivity contribution in [1.82, 2.24) is 24.5 Å². The Morgan fingerprint density at radius 1 is 1.27 bits per heavy atom. The van der Waals surface area contributed by atoms with Gasteiger partial charge in [-0.25, -0.2) is 4.98 Å². The van der Waals surface area contributed by atoms with Crippen LogP contribution in [0.25, 0.3) is 5.78 Å². The normalized spacial score (nSPS) is 17.2. The number of rotatable bonds is 6.